The first-order valence-electron chi connectivity index (χ1n) is 8.27. The monoisotopic (exact) mass is 339 g/mol. The number of benzene rings is 1. The second-order valence-electron chi connectivity index (χ2n) is 5.94. The molecule has 3 rings (SSSR count). The first-order valence-corrected chi connectivity index (χ1v) is 8.27. The molecule has 0 bridgehead atoms. The molecule has 2 amide bonds. The standard InChI is InChI=1S/C19H21N3O3/c1-25-17-6-2-5-16(13-17)19(24)22-10-8-21(9-11-22)18(23)12-15-4-3-7-20-14-15/h2-7,13-14H,8-12H2,1H3. The molecule has 1 saturated heterocycles. The highest BCUT2D eigenvalue weighted by Gasteiger charge is 2.25. The summed E-state index contributed by atoms with van der Waals surface area (Å²) in [5.41, 5.74) is 1.51. The van der Waals surface area contributed by atoms with Gasteiger partial charge in [-0.1, -0.05) is 12.1 Å². The predicted octanol–water partition coefficient (Wildman–Crippen LogP) is 1.62. The van der Waals surface area contributed by atoms with Crippen LogP contribution in [0.2, 0.25) is 0 Å². The number of piperazine rings is 1. The predicted molar refractivity (Wildman–Crippen MR) is 93.4 cm³/mol. The Hall–Kier alpha value is -2.89. The number of pyridine rings is 1. The topological polar surface area (TPSA) is 62.7 Å². The zero-order valence-corrected chi connectivity index (χ0v) is 14.2. The van der Waals surface area contributed by atoms with Gasteiger partial charge in [0.15, 0.2) is 0 Å². The Morgan fingerprint density at radius 3 is 2.52 bits per heavy atom. The van der Waals surface area contributed by atoms with Crippen molar-refractivity contribution in [3.63, 3.8) is 0 Å². The van der Waals surface area contributed by atoms with E-state index in [4.69, 9.17) is 4.74 Å². The molecule has 0 radical (unpaired) electrons. The van der Waals surface area contributed by atoms with Gasteiger partial charge in [0, 0.05) is 44.1 Å². The molecule has 0 aliphatic carbocycles. The lowest BCUT2D eigenvalue weighted by molar-refractivity contribution is -0.131. The highest BCUT2D eigenvalue weighted by atomic mass is 16.5. The number of carbonyl (C=O) groups excluding carboxylic acids is 2. The van der Waals surface area contributed by atoms with Gasteiger partial charge in [0.1, 0.15) is 5.75 Å². The van der Waals surface area contributed by atoms with Crippen LogP contribution >= 0.6 is 0 Å². The second kappa shape index (κ2) is 7.79. The summed E-state index contributed by atoms with van der Waals surface area (Å²) in [7, 11) is 1.58. The molecule has 2 aromatic rings. The van der Waals surface area contributed by atoms with E-state index in [1.54, 1.807) is 42.6 Å². The van der Waals surface area contributed by atoms with Crippen LogP contribution in [0, 0.1) is 0 Å². The Labute approximate surface area is 147 Å². The Kier molecular flexibility index (Phi) is 5.28. The van der Waals surface area contributed by atoms with Crippen molar-refractivity contribution < 1.29 is 14.3 Å². The van der Waals surface area contributed by atoms with Crippen LogP contribution in [0.15, 0.2) is 48.8 Å². The number of ether oxygens (including phenoxy) is 1. The first-order chi connectivity index (χ1) is 12.2. The quantitative estimate of drug-likeness (QED) is 0.849. The lowest BCUT2D eigenvalue weighted by Crippen LogP contribution is -2.51. The molecule has 0 unspecified atom stereocenters. The molecule has 1 fully saturated rings. The summed E-state index contributed by atoms with van der Waals surface area (Å²) in [6.07, 6.45) is 3.75. The van der Waals surface area contributed by atoms with Gasteiger partial charge in [-0.05, 0) is 29.8 Å². The summed E-state index contributed by atoms with van der Waals surface area (Å²) in [4.78, 5) is 32.6. The van der Waals surface area contributed by atoms with Crippen molar-refractivity contribution in [1.82, 2.24) is 14.8 Å². The van der Waals surface area contributed by atoms with Crippen molar-refractivity contribution in [2.45, 2.75) is 6.42 Å². The summed E-state index contributed by atoms with van der Waals surface area (Å²) in [5, 5.41) is 0. The van der Waals surface area contributed by atoms with Crippen LogP contribution in [0.5, 0.6) is 5.75 Å². The average molecular weight is 339 g/mol. The number of aromatic nitrogens is 1. The van der Waals surface area contributed by atoms with E-state index in [9.17, 15) is 9.59 Å². The van der Waals surface area contributed by atoms with Crippen molar-refractivity contribution in [2.75, 3.05) is 33.3 Å². The summed E-state index contributed by atoms with van der Waals surface area (Å²) < 4.78 is 5.17. The van der Waals surface area contributed by atoms with Crippen molar-refractivity contribution in [2.24, 2.45) is 0 Å². The zero-order valence-electron chi connectivity index (χ0n) is 14.2. The first kappa shape index (κ1) is 17.0. The number of carbonyl (C=O) groups is 2. The minimum atomic E-state index is -0.0294. The van der Waals surface area contributed by atoms with E-state index >= 15 is 0 Å². The maximum atomic E-state index is 12.6. The van der Waals surface area contributed by atoms with Gasteiger partial charge in [-0.2, -0.15) is 0 Å². The molecule has 1 aliphatic heterocycles. The maximum absolute atomic E-state index is 12.6. The van der Waals surface area contributed by atoms with Crippen molar-refractivity contribution in [1.29, 1.82) is 0 Å². The van der Waals surface area contributed by atoms with E-state index in [1.165, 1.54) is 0 Å². The third kappa shape index (κ3) is 4.15. The van der Waals surface area contributed by atoms with E-state index in [1.807, 2.05) is 23.1 Å². The smallest absolute Gasteiger partial charge is 0.254 e. The number of methoxy groups -OCH3 is 1. The molecule has 1 aromatic carbocycles. The van der Waals surface area contributed by atoms with Gasteiger partial charge in [0.2, 0.25) is 5.91 Å². The van der Waals surface area contributed by atoms with Crippen LogP contribution < -0.4 is 4.74 Å². The van der Waals surface area contributed by atoms with E-state index in [0.717, 1.165) is 5.56 Å². The average Bonchev–Trinajstić information content (AvgIpc) is 2.68. The number of rotatable bonds is 4. The van der Waals surface area contributed by atoms with E-state index in [-0.39, 0.29) is 11.8 Å². The van der Waals surface area contributed by atoms with Gasteiger partial charge in [-0.25, -0.2) is 0 Å². The number of nitrogens with zero attached hydrogens (tertiary/aromatic N) is 3. The SMILES string of the molecule is COc1cccc(C(=O)N2CCN(C(=O)Cc3cccnc3)CC2)c1. The van der Waals surface area contributed by atoms with Crippen LogP contribution in [-0.2, 0) is 11.2 Å². The van der Waals surface area contributed by atoms with E-state index in [0.29, 0.717) is 43.9 Å². The van der Waals surface area contributed by atoms with Gasteiger partial charge in [-0.15, -0.1) is 0 Å². The Morgan fingerprint density at radius 2 is 1.84 bits per heavy atom. The molecule has 6 nitrogen and oxygen atoms in total. The Balaban J connectivity index is 1.56. The molecule has 0 saturated carbocycles. The molecular weight excluding hydrogens is 318 g/mol. The summed E-state index contributed by atoms with van der Waals surface area (Å²) >= 11 is 0. The fraction of sp³-hybridized carbons (Fsp3) is 0.316. The largest absolute Gasteiger partial charge is 0.497 e. The third-order valence-corrected chi connectivity index (χ3v) is 4.31. The van der Waals surface area contributed by atoms with Crippen molar-refractivity contribution in [3.05, 3.63) is 59.9 Å². The van der Waals surface area contributed by atoms with Gasteiger partial charge in [0.05, 0.1) is 13.5 Å². The van der Waals surface area contributed by atoms with E-state index < -0.39 is 0 Å². The molecule has 0 spiro atoms. The number of hydrogen-bond donors (Lipinski definition) is 0. The molecule has 1 aliphatic rings. The summed E-state index contributed by atoms with van der Waals surface area (Å²) in [6, 6.07) is 10.9. The molecular formula is C19H21N3O3. The van der Waals surface area contributed by atoms with Crippen molar-refractivity contribution in [3.8, 4) is 5.75 Å². The minimum Gasteiger partial charge on any atom is -0.497 e. The van der Waals surface area contributed by atoms with Crippen LogP contribution in [0.3, 0.4) is 0 Å². The van der Waals surface area contributed by atoms with Gasteiger partial charge in [0.25, 0.3) is 5.91 Å². The molecule has 25 heavy (non-hydrogen) atoms. The highest BCUT2D eigenvalue weighted by molar-refractivity contribution is 5.94. The molecule has 0 atom stereocenters. The van der Waals surface area contributed by atoms with Gasteiger partial charge in [-0.3, -0.25) is 14.6 Å². The zero-order chi connectivity index (χ0) is 17.6. The normalized spacial score (nSPS) is 14.3. The van der Waals surface area contributed by atoms with Crippen LogP contribution in [-0.4, -0.2) is 59.9 Å². The fourth-order valence-electron chi connectivity index (χ4n) is 2.89. The van der Waals surface area contributed by atoms with Crippen LogP contribution in [0.25, 0.3) is 0 Å². The fourth-order valence-corrected chi connectivity index (χ4v) is 2.89. The lowest BCUT2D eigenvalue weighted by atomic mass is 10.1. The third-order valence-electron chi connectivity index (χ3n) is 4.31. The highest BCUT2D eigenvalue weighted by Crippen LogP contribution is 2.16. The maximum Gasteiger partial charge on any atom is 0.254 e. The molecule has 1 aromatic heterocycles. The number of hydrogen-bond acceptors (Lipinski definition) is 4. The van der Waals surface area contributed by atoms with Gasteiger partial charge >= 0.3 is 0 Å². The minimum absolute atomic E-state index is 0.0294. The number of amides is 2. The lowest BCUT2D eigenvalue weighted by Gasteiger charge is -2.35. The Morgan fingerprint density at radius 1 is 1.08 bits per heavy atom. The van der Waals surface area contributed by atoms with E-state index in [2.05, 4.69) is 4.98 Å². The summed E-state index contributed by atoms with van der Waals surface area (Å²) in [6.45, 7) is 2.17. The van der Waals surface area contributed by atoms with Crippen molar-refractivity contribution >= 4 is 11.8 Å². The Bertz CT molecular complexity index is 741. The van der Waals surface area contributed by atoms with Crippen LogP contribution in [0.4, 0.5) is 0 Å². The molecule has 6 heteroatoms. The second-order valence-corrected chi connectivity index (χ2v) is 5.94. The van der Waals surface area contributed by atoms with Gasteiger partial charge < -0.3 is 14.5 Å². The molecule has 130 valence electrons. The molecule has 0 N–H and O–H groups in total. The molecule has 2 heterocycles. The van der Waals surface area contributed by atoms with Crippen LogP contribution in [0.1, 0.15) is 15.9 Å². The summed E-state index contributed by atoms with van der Waals surface area (Å²) in [5.74, 6) is 0.705.